The zero-order chi connectivity index (χ0) is 14.8. The molecule has 1 unspecified atom stereocenters. The molecule has 1 amide bonds. The average molecular weight is 276 g/mol. The third-order valence-corrected chi connectivity index (χ3v) is 3.37. The second-order valence-electron chi connectivity index (χ2n) is 6.30. The van der Waals surface area contributed by atoms with Crippen molar-refractivity contribution in [2.45, 2.75) is 39.3 Å². The van der Waals surface area contributed by atoms with Gasteiger partial charge >= 0.3 is 6.09 Å². The van der Waals surface area contributed by atoms with Crippen LogP contribution in [-0.2, 0) is 4.74 Å². The first-order valence-corrected chi connectivity index (χ1v) is 7.16. The number of piperazine rings is 1. The fourth-order valence-electron chi connectivity index (χ4n) is 2.45. The number of carbonyl (C=O) groups is 1. The van der Waals surface area contributed by atoms with Crippen molar-refractivity contribution in [3.8, 4) is 0 Å². The summed E-state index contributed by atoms with van der Waals surface area (Å²) in [6.07, 6.45) is -0.211. The predicted octanol–water partition coefficient (Wildman–Crippen LogP) is 3.13. The molecule has 1 fully saturated rings. The van der Waals surface area contributed by atoms with Crippen molar-refractivity contribution in [3.63, 3.8) is 0 Å². The first kappa shape index (κ1) is 14.7. The lowest BCUT2D eigenvalue weighted by Gasteiger charge is -2.41. The maximum Gasteiger partial charge on any atom is 0.410 e. The van der Waals surface area contributed by atoms with Crippen LogP contribution in [0.1, 0.15) is 27.7 Å². The molecular weight excluding hydrogens is 252 g/mol. The fraction of sp³-hybridized carbons (Fsp3) is 0.562. The van der Waals surface area contributed by atoms with E-state index in [4.69, 9.17) is 4.74 Å². The van der Waals surface area contributed by atoms with Gasteiger partial charge in [-0.3, -0.25) is 0 Å². The molecule has 2 rings (SSSR count). The van der Waals surface area contributed by atoms with Crippen molar-refractivity contribution in [3.05, 3.63) is 30.3 Å². The van der Waals surface area contributed by atoms with E-state index in [-0.39, 0.29) is 6.09 Å². The normalized spacial score (nSPS) is 19.9. The van der Waals surface area contributed by atoms with Crippen LogP contribution in [0.25, 0.3) is 0 Å². The zero-order valence-electron chi connectivity index (χ0n) is 12.8. The molecule has 110 valence electrons. The van der Waals surface area contributed by atoms with E-state index in [1.165, 1.54) is 5.69 Å². The van der Waals surface area contributed by atoms with Gasteiger partial charge in [0, 0.05) is 31.4 Å². The van der Waals surface area contributed by atoms with E-state index >= 15 is 0 Å². The van der Waals surface area contributed by atoms with Gasteiger partial charge in [-0.1, -0.05) is 18.2 Å². The van der Waals surface area contributed by atoms with Gasteiger partial charge in [-0.25, -0.2) is 4.79 Å². The molecule has 0 aliphatic carbocycles. The lowest BCUT2D eigenvalue weighted by atomic mass is 10.1. The predicted molar refractivity (Wildman–Crippen MR) is 81.1 cm³/mol. The van der Waals surface area contributed by atoms with Gasteiger partial charge in [-0.05, 0) is 39.8 Å². The second-order valence-corrected chi connectivity index (χ2v) is 6.30. The molecule has 1 aromatic carbocycles. The summed E-state index contributed by atoms with van der Waals surface area (Å²) in [5.41, 5.74) is 0.778. The molecule has 0 spiro atoms. The van der Waals surface area contributed by atoms with E-state index in [1.54, 1.807) is 4.90 Å². The van der Waals surface area contributed by atoms with Crippen LogP contribution in [0.3, 0.4) is 0 Å². The Morgan fingerprint density at radius 3 is 2.40 bits per heavy atom. The van der Waals surface area contributed by atoms with E-state index < -0.39 is 5.60 Å². The van der Waals surface area contributed by atoms with Gasteiger partial charge in [0.1, 0.15) is 5.60 Å². The minimum Gasteiger partial charge on any atom is -0.444 e. The molecule has 20 heavy (non-hydrogen) atoms. The quantitative estimate of drug-likeness (QED) is 0.790. The Morgan fingerprint density at radius 2 is 1.85 bits per heavy atom. The number of hydrogen-bond donors (Lipinski definition) is 0. The maximum absolute atomic E-state index is 12.1. The smallest absolute Gasteiger partial charge is 0.410 e. The van der Waals surface area contributed by atoms with Crippen LogP contribution >= 0.6 is 0 Å². The highest BCUT2D eigenvalue weighted by Gasteiger charge is 2.29. The highest BCUT2D eigenvalue weighted by molar-refractivity contribution is 5.68. The van der Waals surface area contributed by atoms with Crippen molar-refractivity contribution in [1.82, 2.24) is 4.90 Å². The van der Waals surface area contributed by atoms with Gasteiger partial charge in [0.2, 0.25) is 0 Å². The molecule has 1 saturated heterocycles. The van der Waals surface area contributed by atoms with Crippen molar-refractivity contribution >= 4 is 11.8 Å². The van der Waals surface area contributed by atoms with Crippen molar-refractivity contribution < 1.29 is 9.53 Å². The molecule has 1 aliphatic heterocycles. The van der Waals surface area contributed by atoms with E-state index in [9.17, 15) is 4.79 Å². The topological polar surface area (TPSA) is 32.8 Å². The number of benzene rings is 1. The SMILES string of the molecule is CC1CN(C(=O)OC(C)(C)C)CCN1c1ccccc1. The summed E-state index contributed by atoms with van der Waals surface area (Å²) < 4.78 is 5.43. The number of ether oxygens (including phenoxy) is 1. The Hall–Kier alpha value is -1.71. The van der Waals surface area contributed by atoms with Gasteiger partial charge in [-0.2, -0.15) is 0 Å². The van der Waals surface area contributed by atoms with Crippen LogP contribution in [-0.4, -0.2) is 42.3 Å². The molecule has 4 nitrogen and oxygen atoms in total. The summed E-state index contributed by atoms with van der Waals surface area (Å²) in [4.78, 5) is 16.2. The highest BCUT2D eigenvalue weighted by atomic mass is 16.6. The molecule has 0 aromatic heterocycles. The van der Waals surface area contributed by atoms with Gasteiger partial charge in [-0.15, -0.1) is 0 Å². The summed E-state index contributed by atoms with van der Waals surface area (Å²) in [5, 5.41) is 0. The number of carbonyl (C=O) groups excluding carboxylic acids is 1. The molecule has 0 saturated carbocycles. The second kappa shape index (κ2) is 5.73. The number of nitrogens with zero attached hydrogens (tertiary/aromatic N) is 2. The number of rotatable bonds is 1. The lowest BCUT2D eigenvalue weighted by Crippen LogP contribution is -2.54. The Bertz CT molecular complexity index is 453. The molecule has 0 radical (unpaired) electrons. The molecule has 1 atom stereocenters. The summed E-state index contributed by atoms with van der Waals surface area (Å²) in [6.45, 7) is 10.1. The molecule has 0 bridgehead atoms. The molecule has 1 heterocycles. The first-order chi connectivity index (χ1) is 9.37. The van der Waals surface area contributed by atoms with Gasteiger partial charge < -0.3 is 14.5 Å². The van der Waals surface area contributed by atoms with Crippen LogP contribution in [0.2, 0.25) is 0 Å². The van der Waals surface area contributed by atoms with Crippen LogP contribution < -0.4 is 4.90 Å². The Labute approximate surface area is 121 Å². The van der Waals surface area contributed by atoms with E-state index in [2.05, 4.69) is 24.0 Å². The fourth-order valence-corrected chi connectivity index (χ4v) is 2.45. The summed E-state index contributed by atoms with van der Waals surface area (Å²) in [6, 6.07) is 10.6. The number of hydrogen-bond acceptors (Lipinski definition) is 3. The average Bonchev–Trinajstić information content (AvgIpc) is 2.37. The third kappa shape index (κ3) is 3.65. The zero-order valence-corrected chi connectivity index (χ0v) is 12.8. The summed E-state index contributed by atoms with van der Waals surface area (Å²) in [5.74, 6) is 0. The van der Waals surface area contributed by atoms with Gasteiger partial charge in [0.15, 0.2) is 0 Å². The van der Waals surface area contributed by atoms with Crippen molar-refractivity contribution in [1.29, 1.82) is 0 Å². The van der Waals surface area contributed by atoms with E-state index in [0.29, 0.717) is 19.1 Å². The minimum atomic E-state index is -0.434. The first-order valence-electron chi connectivity index (χ1n) is 7.16. The summed E-state index contributed by atoms with van der Waals surface area (Å²) in [7, 11) is 0. The van der Waals surface area contributed by atoms with Crippen molar-refractivity contribution in [2.24, 2.45) is 0 Å². The molecule has 0 N–H and O–H groups in total. The largest absolute Gasteiger partial charge is 0.444 e. The van der Waals surface area contributed by atoms with Crippen LogP contribution in [0.4, 0.5) is 10.5 Å². The molecule has 4 heteroatoms. The summed E-state index contributed by atoms with van der Waals surface area (Å²) >= 11 is 0. The molecule has 1 aromatic rings. The van der Waals surface area contributed by atoms with Crippen LogP contribution in [0, 0.1) is 0 Å². The highest BCUT2D eigenvalue weighted by Crippen LogP contribution is 2.21. The third-order valence-electron chi connectivity index (χ3n) is 3.37. The van der Waals surface area contributed by atoms with Crippen molar-refractivity contribution in [2.75, 3.05) is 24.5 Å². The van der Waals surface area contributed by atoms with Gasteiger partial charge in [0.05, 0.1) is 0 Å². The Balaban J connectivity index is 1.97. The molecular formula is C16H24N2O2. The van der Waals surface area contributed by atoms with Crippen LogP contribution in [0.5, 0.6) is 0 Å². The number of anilines is 1. The standard InChI is InChI=1S/C16H24N2O2/c1-13-12-17(15(19)20-16(2,3)4)10-11-18(13)14-8-6-5-7-9-14/h5-9,13H,10-12H2,1-4H3. The van der Waals surface area contributed by atoms with Gasteiger partial charge in [0.25, 0.3) is 0 Å². The minimum absolute atomic E-state index is 0.211. The number of para-hydroxylation sites is 1. The Kier molecular flexibility index (Phi) is 4.21. The Morgan fingerprint density at radius 1 is 1.20 bits per heavy atom. The lowest BCUT2D eigenvalue weighted by molar-refractivity contribution is 0.0219. The number of amides is 1. The van der Waals surface area contributed by atoms with Crippen LogP contribution in [0.15, 0.2) is 30.3 Å². The maximum atomic E-state index is 12.1. The van der Waals surface area contributed by atoms with E-state index in [1.807, 2.05) is 39.0 Å². The molecule has 1 aliphatic rings. The monoisotopic (exact) mass is 276 g/mol. The van der Waals surface area contributed by atoms with E-state index in [0.717, 1.165) is 6.54 Å².